The number of primary amides is 1. The summed E-state index contributed by atoms with van der Waals surface area (Å²) in [4.78, 5) is 10.6. The van der Waals surface area contributed by atoms with Crippen LogP contribution in [0, 0.1) is 0 Å². The van der Waals surface area contributed by atoms with E-state index >= 15 is 0 Å². The van der Waals surface area contributed by atoms with E-state index in [0.29, 0.717) is 5.75 Å². The van der Waals surface area contributed by atoms with Gasteiger partial charge in [0.25, 0.3) is 5.91 Å². The van der Waals surface area contributed by atoms with Crippen LogP contribution in [0.5, 0.6) is 5.75 Å². The second kappa shape index (κ2) is 7.60. The maximum absolute atomic E-state index is 10.6. The molecule has 6 nitrogen and oxygen atoms in total. The van der Waals surface area contributed by atoms with Crippen LogP contribution in [0.25, 0.3) is 0 Å². The summed E-state index contributed by atoms with van der Waals surface area (Å²) in [6.07, 6.45) is -0.328. The highest BCUT2D eigenvalue weighted by molar-refractivity contribution is 5.75. The van der Waals surface area contributed by atoms with Crippen LogP contribution in [-0.2, 0) is 14.3 Å². The van der Waals surface area contributed by atoms with Crippen molar-refractivity contribution in [2.45, 2.75) is 19.3 Å². The maximum atomic E-state index is 10.6. The Balaban J connectivity index is 2.54. The summed E-state index contributed by atoms with van der Waals surface area (Å²) in [6, 6.07) is 7.19. The van der Waals surface area contributed by atoms with Gasteiger partial charge >= 0.3 is 0 Å². The molecule has 3 N–H and O–H groups in total. The van der Waals surface area contributed by atoms with Crippen LogP contribution < -0.4 is 15.8 Å². The molecular formula is C13H20N2O4. The molecule has 0 saturated heterocycles. The van der Waals surface area contributed by atoms with Gasteiger partial charge in [-0.25, -0.2) is 0 Å². The number of hydrogen-bond donors (Lipinski definition) is 2. The average molecular weight is 268 g/mol. The van der Waals surface area contributed by atoms with Crippen molar-refractivity contribution < 1.29 is 19.0 Å². The minimum absolute atomic E-state index is 0.00705. The van der Waals surface area contributed by atoms with Gasteiger partial charge < -0.3 is 25.3 Å². The van der Waals surface area contributed by atoms with E-state index in [1.165, 1.54) is 0 Å². The van der Waals surface area contributed by atoms with Crippen LogP contribution in [0.2, 0.25) is 0 Å². The molecule has 0 fully saturated rings. The zero-order valence-corrected chi connectivity index (χ0v) is 11.4. The van der Waals surface area contributed by atoms with Crippen LogP contribution in [-0.4, -0.2) is 39.1 Å². The van der Waals surface area contributed by atoms with Crippen molar-refractivity contribution in [3.63, 3.8) is 0 Å². The van der Waals surface area contributed by atoms with E-state index in [4.69, 9.17) is 19.9 Å². The first kappa shape index (κ1) is 15.3. The third-order valence-corrected chi connectivity index (χ3v) is 2.50. The number of nitrogens with two attached hydrogens (primary N) is 1. The molecule has 1 aromatic carbocycles. The van der Waals surface area contributed by atoms with Crippen LogP contribution >= 0.6 is 0 Å². The molecule has 0 aromatic heterocycles. The Morgan fingerprint density at radius 3 is 2.32 bits per heavy atom. The molecule has 1 atom stereocenters. The first-order valence-corrected chi connectivity index (χ1v) is 5.90. The van der Waals surface area contributed by atoms with Crippen LogP contribution in [0.4, 0.5) is 5.69 Å². The number of nitrogens with one attached hydrogen (secondary N) is 1. The predicted octanol–water partition coefficient (Wildman–Crippen LogP) is 0.970. The number of ether oxygens (including phenoxy) is 3. The van der Waals surface area contributed by atoms with Gasteiger partial charge in [0.2, 0.25) is 0 Å². The highest BCUT2D eigenvalue weighted by atomic mass is 16.7. The molecule has 106 valence electrons. The van der Waals surface area contributed by atoms with Crippen LogP contribution in [0.3, 0.4) is 0 Å². The lowest BCUT2D eigenvalue weighted by molar-refractivity contribution is -0.119. The SMILES string of the molecule is COC(OC)C(C)Nc1ccc(OCC(N)=O)cc1. The van der Waals surface area contributed by atoms with E-state index in [9.17, 15) is 4.79 Å². The van der Waals surface area contributed by atoms with Gasteiger partial charge in [-0.05, 0) is 31.2 Å². The van der Waals surface area contributed by atoms with E-state index in [1.807, 2.05) is 19.1 Å². The maximum Gasteiger partial charge on any atom is 0.255 e. The van der Waals surface area contributed by atoms with E-state index in [-0.39, 0.29) is 18.9 Å². The third kappa shape index (κ3) is 5.15. The molecular weight excluding hydrogens is 248 g/mol. The number of anilines is 1. The smallest absolute Gasteiger partial charge is 0.255 e. The number of hydrogen-bond acceptors (Lipinski definition) is 5. The second-order valence-corrected chi connectivity index (χ2v) is 4.05. The van der Waals surface area contributed by atoms with E-state index in [1.54, 1.807) is 26.4 Å². The second-order valence-electron chi connectivity index (χ2n) is 4.05. The quantitative estimate of drug-likeness (QED) is 0.686. The molecule has 19 heavy (non-hydrogen) atoms. The molecule has 1 unspecified atom stereocenters. The fourth-order valence-electron chi connectivity index (χ4n) is 1.64. The Bertz CT molecular complexity index is 390. The highest BCUT2D eigenvalue weighted by Gasteiger charge is 2.15. The first-order chi connectivity index (χ1) is 9.06. The highest BCUT2D eigenvalue weighted by Crippen LogP contribution is 2.17. The molecule has 1 rings (SSSR count). The van der Waals surface area contributed by atoms with Gasteiger partial charge in [-0.3, -0.25) is 4.79 Å². The zero-order chi connectivity index (χ0) is 14.3. The lowest BCUT2D eigenvalue weighted by Gasteiger charge is -2.23. The molecule has 0 aliphatic carbocycles. The van der Waals surface area contributed by atoms with Gasteiger partial charge in [-0.2, -0.15) is 0 Å². The molecule has 0 saturated carbocycles. The Hall–Kier alpha value is -1.79. The van der Waals surface area contributed by atoms with E-state index in [2.05, 4.69) is 5.32 Å². The first-order valence-electron chi connectivity index (χ1n) is 5.90. The van der Waals surface area contributed by atoms with Crippen LogP contribution in [0.15, 0.2) is 24.3 Å². The Kier molecular flexibility index (Phi) is 6.11. The molecule has 1 aromatic rings. The molecule has 0 spiro atoms. The van der Waals surface area contributed by atoms with E-state index < -0.39 is 5.91 Å². The number of carbonyl (C=O) groups excluding carboxylic acids is 1. The summed E-state index contributed by atoms with van der Waals surface area (Å²) >= 11 is 0. The Morgan fingerprint density at radius 2 is 1.84 bits per heavy atom. The van der Waals surface area contributed by atoms with Crippen LogP contribution in [0.1, 0.15) is 6.92 Å². The van der Waals surface area contributed by atoms with Gasteiger partial charge in [-0.1, -0.05) is 0 Å². The van der Waals surface area contributed by atoms with Gasteiger partial charge in [-0.15, -0.1) is 0 Å². The molecule has 0 bridgehead atoms. The summed E-state index contributed by atoms with van der Waals surface area (Å²) in [6.45, 7) is 1.83. The topological polar surface area (TPSA) is 82.8 Å². The number of rotatable bonds is 8. The van der Waals surface area contributed by atoms with Crippen molar-refractivity contribution in [2.24, 2.45) is 5.73 Å². The lowest BCUT2D eigenvalue weighted by atomic mass is 10.2. The Morgan fingerprint density at radius 1 is 1.26 bits per heavy atom. The fraction of sp³-hybridized carbons (Fsp3) is 0.462. The van der Waals surface area contributed by atoms with Crippen molar-refractivity contribution in [3.8, 4) is 5.75 Å². The van der Waals surface area contributed by atoms with Gasteiger partial charge in [0.15, 0.2) is 12.9 Å². The number of methoxy groups -OCH3 is 2. The molecule has 1 amide bonds. The lowest BCUT2D eigenvalue weighted by Crippen LogP contribution is -2.33. The largest absolute Gasteiger partial charge is 0.484 e. The average Bonchev–Trinajstić information content (AvgIpc) is 2.39. The van der Waals surface area contributed by atoms with Crippen molar-refractivity contribution in [1.29, 1.82) is 0 Å². The summed E-state index contributed by atoms with van der Waals surface area (Å²) in [5.41, 5.74) is 5.90. The minimum atomic E-state index is -0.501. The van der Waals surface area contributed by atoms with Crippen molar-refractivity contribution in [3.05, 3.63) is 24.3 Å². The third-order valence-electron chi connectivity index (χ3n) is 2.50. The molecule has 0 aliphatic heterocycles. The standard InChI is InChI=1S/C13H20N2O4/c1-9(13(17-2)18-3)15-10-4-6-11(7-5-10)19-8-12(14)16/h4-7,9,13,15H,8H2,1-3H3,(H2,14,16). The fourth-order valence-corrected chi connectivity index (χ4v) is 1.64. The molecule has 0 aliphatic rings. The normalized spacial score (nSPS) is 12.2. The molecule has 0 heterocycles. The van der Waals surface area contributed by atoms with Crippen molar-refractivity contribution in [1.82, 2.24) is 0 Å². The monoisotopic (exact) mass is 268 g/mol. The number of benzene rings is 1. The molecule has 0 radical (unpaired) electrons. The van der Waals surface area contributed by atoms with E-state index in [0.717, 1.165) is 5.69 Å². The summed E-state index contributed by atoms with van der Waals surface area (Å²) in [7, 11) is 3.18. The van der Waals surface area contributed by atoms with Crippen molar-refractivity contribution in [2.75, 3.05) is 26.1 Å². The zero-order valence-electron chi connectivity index (χ0n) is 11.4. The van der Waals surface area contributed by atoms with Crippen molar-refractivity contribution >= 4 is 11.6 Å². The molecule has 6 heteroatoms. The predicted molar refractivity (Wildman–Crippen MR) is 72.0 cm³/mol. The minimum Gasteiger partial charge on any atom is -0.484 e. The van der Waals surface area contributed by atoms with Gasteiger partial charge in [0.1, 0.15) is 5.75 Å². The number of carbonyl (C=O) groups is 1. The summed E-state index contributed by atoms with van der Waals surface area (Å²) < 4.78 is 15.5. The summed E-state index contributed by atoms with van der Waals surface area (Å²) in [5.74, 6) is 0.0888. The van der Waals surface area contributed by atoms with Gasteiger partial charge in [0.05, 0.1) is 6.04 Å². The van der Waals surface area contributed by atoms with Gasteiger partial charge in [0, 0.05) is 19.9 Å². The Labute approximate surface area is 112 Å². The summed E-state index contributed by atoms with van der Waals surface area (Å²) in [5, 5.41) is 3.24. The number of amides is 1.